The van der Waals surface area contributed by atoms with Gasteiger partial charge in [-0.05, 0) is 18.2 Å². The minimum absolute atomic E-state index is 0.0481. The number of sulfonamides is 1. The Morgan fingerprint density at radius 1 is 1.38 bits per heavy atom. The molecule has 1 rings (SSSR count). The number of alkyl halides is 3. The molecular weight excluding hydrogens is 309 g/mol. The fraction of sp³-hybridized carbons (Fsp3) is 0.333. The van der Waals surface area contributed by atoms with Gasteiger partial charge in [-0.3, -0.25) is 0 Å². The van der Waals surface area contributed by atoms with Crippen LogP contribution in [0.3, 0.4) is 0 Å². The summed E-state index contributed by atoms with van der Waals surface area (Å²) < 4.78 is 66.3. The van der Waals surface area contributed by atoms with Crippen LogP contribution in [0.15, 0.2) is 23.1 Å². The Hall–Kier alpha value is -1.76. The summed E-state index contributed by atoms with van der Waals surface area (Å²) in [6, 6.07) is 3.56. The number of methoxy groups -OCH3 is 1. The molecule has 0 heterocycles. The molecule has 9 heteroatoms. The Kier molecular flexibility index (Phi) is 5.60. The number of hydrogen-bond acceptors (Lipinski definition) is 4. The van der Waals surface area contributed by atoms with Crippen molar-refractivity contribution in [1.29, 1.82) is 0 Å². The van der Waals surface area contributed by atoms with Crippen molar-refractivity contribution < 1.29 is 26.3 Å². The summed E-state index contributed by atoms with van der Waals surface area (Å²) in [5.41, 5.74) is 5.44. The molecule has 116 valence electrons. The van der Waals surface area contributed by atoms with Gasteiger partial charge in [0.15, 0.2) is 0 Å². The van der Waals surface area contributed by atoms with Crippen LogP contribution < -0.4 is 15.2 Å². The smallest absolute Gasteiger partial charge is 0.402 e. The van der Waals surface area contributed by atoms with Gasteiger partial charge < -0.3 is 10.5 Å². The van der Waals surface area contributed by atoms with Gasteiger partial charge in [-0.15, -0.1) is 0 Å². The minimum atomic E-state index is -4.64. The van der Waals surface area contributed by atoms with Crippen molar-refractivity contribution in [2.24, 2.45) is 5.73 Å². The van der Waals surface area contributed by atoms with Crippen LogP contribution in [0.1, 0.15) is 5.56 Å². The number of ether oxygens (including phenoxy) is 1. The molecule has 0 fully saturated rings. The highest BCUT2D eigenvalue weighted by molar-refractivity contribution is 7.89. The van der Waals surface area contributed by atoms with E-state index in [-0.39, 0.29) is 17.0 Å². The van der Waals surface area contributed by atoms with Crippen LogP contribution in [-0.4, -0.2) is 34.8 Å². The first-order chi connectivity index (χ1) is 9.69. The van der Waals surface area contributed by atoms with E-state index in [2.05, 4.69) is 11.8 Å². The van der Waals surface area contributed by atoms with Crippen molar-refractivity contribution in [3.63, 3.8) is 0 Å². The summed E-state index contributed by atoms with van der Waals surface area (Å²) in [4.78, 5) is -0.339. The summed E-state index contributed by atoms with van der Waals surface area (Å²) in [6.07, 6.45) is -4.64. The molecule has 0 aliphatic rings. The van der Waals surface area contributed by atoms with E-state index in [1.165, 1.54) is 17.9 Å². The molecule has 0 aromatic heterocycles. The van der Waals surface area contributed by atoms with Gasteiger partial charge in [0, 0.05) is 0 Å². The quantitative estimate of drug-likeness (QED) is 0.805. The molecule has 0 aliphatic carbocycles. The Balaban J connectivity index is 3.13. The third kappa shape index (κ3) is 5.26. The van der Waals surface area contributed by atoms with E-state index < -0.39 is 22.7 Å². The Morgan fingerprint density at radius 2 is 2.05 bits per heavy atom. The molecular formula is C12H13F3N2O3S. The summed E-state index contributed by atoms with van der Waals surface area (Å²) in [7, 11) is -2.93. The van der Waals surface area contributed by atoms with Gasteiger partial charge >= 0.3 is 6.18 Å². The van der Waals surface area contributed by atoms with E-state index in [4.69, 9.17) is 10.5 Å². The van der Waals surface area contributed by atoms with Gasteiger partial charge in [-0.2, -0.15) is 13.2 Å². The zero-order chi connectivity index (χ0) is 16.1. The van der Waals surface area contributed by atoms with Gasteiger partial charge in [-0.25, -0.2) is 13.1 Å². The number of hydrogen-bond donors (Lipinski definition) is 2. The minimum Gasteiger partial charge on any atom is -0.495 e. The molecule has 1 aromatic rings. The summed E-state index contributed by atoms with van der Waals surface area (Å²) in [5, 5.41) is 0. The van der Waals surface area contributed by atoms with Crippen LogP contribution in [0.4, 0.5) is 13.2 Å². The van der Waals surface area contributed by atoms with Crippen LogP contribution in [0.25, 0.3) is 0 Å². The van der Waals surface area contributed by atoms with Crippen LogP contribution in [0.2, 0.25) is 0 Å². The second-order valence-electron chi connectivity index (χ2n) is 3.81. The largest absolute Gasteiger partial charge is 0.495 e. The fourth-order valence-electron chi connectivity index (χ4n) is 1.36. The SMILES string of the molecule is COc1ccc(S(=O)(=O)NCC(F)(F)F)cc1C#CCN. The lowest BCUT2D eigenvalue weighted by molar-refractivity contribution is -0.121. The molecule has 21 heavy (non-hydrogen) atoms. The van der Waals surface area contributed by atoms with Crippen LogP contribution >= 0.6 is 0 Å². The van der Waals surface area contributed by atoms with Gasteiger partial charge in [0.2, 0.25) is 10.0 Å². The van der Waals surface area contributed by atoms with E-state index in [0.717, 1.165) is 12.1 Å². The number of benzene rings is 1. The lowest BCUT2D eigenvalue weighted by Crippen LogP contribution is -2.33. The van der Waals surface area contributed by atoms with Crippen molar-refractivity contribution in [3.05, 3.63) is 23.8 Å². The summed E-state index contributed by atoms with van der Waals surface area (Å²) in [5.74, 6) is 5.41. The fourth-order valence-corrected chi connectivity index (χ4v) is 2.40. The van der Waals surface area contributed by atoms with Crippen LogP contribution in [0, 0.1) is 11.8 Å². The average Bonchev–Trinajstić information content (AvgIpc) is 2.42. The molecule has 0 radical (unpaired) electrons. The molecule has 0 amide bonds. The lowest BCUT2D eigenvalue weighted by Gasteiger charge is -2.10. The highest BCUT2D eigenvalue weighted by Gasteiger charge is 2.30. The van der Waals surface area contributed by atoms with Gasteiger partial charge in [-0.1, -0.05) is 11.8 Å². The maximum absolute atomic E-state index is 12.1. The third-order valence-electron chi connectivity index (χ3n) is 2.27. The second-order valence-corrected chi connectivity index (χ2v) is 5.57. The molecule has 1 aromatic carbocycles. The number of halogens is 3. The van der Waals surface area contributed by atoms with E-state index >= 15 is 0 Å². The van der Waals surface area contributed by atoms with E-state index in [0.29, 0.717) is 5.75 Å². The first-order valence-corrected chi connectivity index (χ1v) is 7.11. The summed E-state index contributed by atoms with van der Waals surface area (Å²) >= 11 is 0. The molecule has 0 aliphatic heterocycles. The zero-order valence-electron chi connectivity index (χ0n) is 11.0. The molecule has 5 nitrogen and oxygen atoms in total. The van der Waals surface area contributed by atoms with Crippen molar-refractivity contribution in [2.75, 3.05) is 20.2 Å². The number of nitrogens with one attached hydrogen (secondary N) is 1. The molecule has 0 spiro atoms. The predicted molar refractivity (Wildman–Crippen MR) is 70.2 cm³/mol. The third-order valence-corrected chi connectivity index (χ3v) is 3.67. The summed E-state index contributed by atoms with van der Waals surface area (Å²) in [6.45, 7) is -1.60. The number of nitrogens with two attached hydrogens (primary N) is 1. The maximum Gasteiger partial charge on any atom is 0.402 e. The molecule has 0 atom stereocenters. The highest BCUT2D eigenvalue weighted by atomic mass is 32.2. The Labute approximate surface area is 120 Å². The van der Waals surface area contributed by atoms with Gasteiger partial charge in [0.1, 0.15) is 12.3 Å². The normalized spacial score (nSPS) is 11.7. The maximum atomic E-state index is 12.1. The van der Waals surface area contributed by atoms with E-state index in [9.17, 15) is 21.6 Å². The number of rotatable bonds is 4. The monoisotopic (exact) mass is 322 g/mol. The molecule has 0 saturated heterocycles. The van der Waals surface area contributed by atoms with Crippen LogP contribution in [-0.2, 0) is 10.0 Å². The van der Waals surface area contributed by atoms with E-state index in [1.807, 2.05) is 0 Å². The van der Waals surface area contributed by atoms with Crippen molar-refractivity contribution in [2.45, 2.75) is 11.1 Å². The van der Waals surface area contributed by atoms with E-state index in [1.54, 1.807) is 0 Å². The first kappa shape index (κ1) is 17.3. The highest BCUT2D eigenvalue weighted by Crippen LogP contribution is 2.22. The molecule has 3 N–H and O–H groups in total. The average molecular weight is 322 g/mol. The zero-order valence-corrected chi connectivity index (χ0v) is 11.8. The Bertz CT molecular complexity index is 661. The standard InChI is InChI=1S/C12H13F3N2O3S/c1-20-11-5-4-10(7-9(11)3-2-6-16)21(18,19)17-8-12(13,14)15/h4-5,7,17H,6,8,16H2,1H3. The van der Waals surface area contributed by atoms with Gasteiger partial charge in [0.05, 0.1) is 24.1 Å². The first-order valence-electron chi connectivity index (χ1n) is 5.63. The van der Waals surface area contributed by atoms with Crippen molar-refractivity contribution >= 4 is 10.0 Å². The predicted octanol–water partition coefficient (Wildman–Crippen LogP) is 0.846. The topological polar surface area (TPSA) is 81.4 Å². The van der Waals surface area contributed by atoms with Crippen LogP contribution in [0.5, 0.6) is 5.75 Å². The van der Waals surface area contributed by atoms with Crippen molar-refractivity contribution in [1.82, 2.24) is 4.72 Å². The Morgan fingerprint density at radius 3 is 2.57 bits per heavy atom. The second kappa shape index (κ2) is 6.80. The molecule has 0 saturated carbocycles. The van der Waals surface area contributed by atoms with Crippen molar-refractivity contribution in [3.8, 4) is 17.6 Å². The van der Waals surface area contributed by atoms with Gasteiger partial charge in [0.25, 0.3) is 0 Å². The molecule has 0 unspecified atom stereocenters. The molecule has 0 bridgehead atoms. The lowest BCUT2D eigenvalue weighted by atomic mass is 10.2.